The number of rotatable bonds is 5. The zero-order chi connectivity index (χ0) is 15.5. The molecule has 0 aliphatic carbocycles. The van der Waals surface area contributed by atoms with E-state index >= 15 is 0 Å². The van der Waals surface area contributed by atoms with Gasteiger partial charge in [0.25, 0.3) is 0 Å². The van der Waals surface area contributed by atoms with Crippen molar-refractivity contribution in [2.75, 3.05) is 6.54 Å². The number of hydrogen-bond acceptors (Lipinski definition) is 6. The van der Waals surface area contributed by atoms with E-state index in [1.54, 1.807) is 17.1 Å². The second-order valence-corrected chi connectivity index (χ2v) is 5.81. The summed E-state index contributed by atoms with van der Waals surface area (Å²) in [6.07, 6.45) is 5.60. The van der Waals surface area contributed by atoms with Crippen molar-refractivity contribution in [2.45, 2.75) is 51.6 Å². The lowest BCUT2D eigenvalue weighted by atomic mass is 10.2. The minimum atomic E-state index is -0.0699. The smallest absolute Gasteiger partial charge is 0.229 e. The van der Waals surface area contributed by atoms with Gasteiger partial charge in [0.2, 0.25) is 11.8 Å². The monoisotopic (exact) mass is 304 g/mol. The topological polar surface area (TPSA) is 89.9 Å². The summed E-state index contributed by atoms with van der Waals surface area (Å²) in [5.74, 6) is 1.53. The summed E-state index contributed by atoms with van der Waals surface area (Å²) in [5, 5.41) is 11.7. The van der Waals surface area contributed by atoms with E-state index in [0.29, 0.717) is 24.7 Å². The van der Waals surface area contributed by atoms with Gasteiger partial charge in [-0.05, 0) is 12.8 Å². The van der Waals surface area contributed by atoms with Gasteiger partial charge in [-0.15, -0.1) is 5.10 Å². The second kappa shape index (κ2) is 6.25. The predicted molar refractivity (Wildman–Crippen MR) is 76.7 cm³/mol. The first-order valence-corrected chi connectivity index (χ1v) is 7.62. The summed E-state index contributed by atoms with van der Waals surface area (Å²) in [7, 11) is 0. The van der Waals surface area contributed by atoms with Crippen LogP contribution in [0.15, 0.2) is 16.9 Å². The van der Waals surface area contributed by atoms with Gasteiger partial charge in [0.05, 0.1) is 18.8 Å². The lowest BCUT2D eigenvalue weighted by Crippen LogP contribution is -2.31. The van der Waals surface area contributed by atoms with Crippen molar-refractivity contribution in [1.29, 1.82) is 0 Å². The van der Waals surface area contributed by atoms with Crippen LogP contribution < -0.4 is 0 Å². The van der Waals surface area contributed by atoms with Crippen LogP contribution in [0.4, 0.5) is 0 Å². The average molecular weight is 304 g/mol. The third kappa shape index (κ3) is 3.00. The lowest BCUT2D eigenvalue weighted by molar-refractivity contribution is -0.132. The highest BCUT2D eigenvalue weighted by Crippen LogP contribution is 2.31. The summed E-state index contributed by atoms with van der Waals surface area (Å²) in [6.45, 7) is 5.29. The third-order valence-electron chi connectivity index (χ3n) is 3.85. The zero-order valence-corrected chi connectivity index (χ0v) is 12.8. The Morgan fingerprint density at radius 1 is 1.50 bits per heavy atom. The van der Waals surface area contributed by atoms with Gasteiger partial charge < -0.3 is 9.42 Å². The maximum absolute atomic E-state index is 12.4. The maximum Gasteiger partial charge on any atom is 0.229 e. The molecular formula is C14H20N6O2. The molecule has 1 fully saturated rings. The van der Waals surface area contributed by atoms with Gasteiger partial charge in [-0.25, -0.2) is 0 Å². The van der Waals surface area contributed by atoms with Gasteiger partial charge >= 0.3 is 0 Å². The van der Waals surface area contributed by atoms with Crippen LogP contribution in [-0.4, -0.2) is 42.5 Å². The van der Waals surface area contributed by atoms with E-state index in [-0.39, 0.29) is 17.9 Å². The van der Waals surface area contributed by atoms with Gasteiger partial charge in [0, 0.05) is 25.1 Å². The summed E-state index contributed by atoms with van der Waals surface area (Å²) in [5.41, 5.74) is 0. The van der Waals surface area contributed by atoms with Gasteiger partial charge in [0.15, 0.2) is 5.82 Å². The number of nitrogens with zero attached hydrogens (tertiary/aromatic N) is 6. The van der Waals surface area contributed by atoms with E-state index < -0.39 is 0 Å². The molecule has 2 aromatic heterocycles. The Morgan fingerprint density at radius 2 is 2.36 bits per heavy atom. The molecule has 3 rings (SSSR count). The molecule has 118 valence electrons. The van der Waals surface area contributed by atoms with Gasteiger partial charge in [-0.1, -0.05) is 24.2 Å². The van der Waals surface area contributed by atoms with E-state index in [0.717, 1.165) is 19.4 Å². The average Bonchev–Trinajstić information content (AvgIpc) is 3.23. The largest absolute Gasteiger partial charge is 0.339 e. The normalized spacial score (nSPS) is 18.3. The van der Waals surface area contributed by atoms with Crippen LogP contribution >= 0.6 is 0 Å². The molecule has 0 bridgehead atoms. The molecule has 1 aliphatic rings. The fraction of sp³-hybridized carbons (Fsp3) is 0.643. The van der Waals surface area contributed by atoms with Crippen molar-refractivity contribution < 1.29 is 9.32 Å². The van der Waals surface area contributed by atoms with Crippen molar-refractivity contribution in [3.05, 3.63) is 24.1 Å². The minimum absolute atomic E-state index is 0.0699. The molecule has 1 aliphatic heterocycles. The molecular weight excluding hydrogens is 284 g/mol. The molecule has 8 nitrogen and oxygen atoms in total. The lowest BCUT2D eigenvalue weighted by Gasteiger charge is -2.22. The Morgan fingerprint density at radius 3 is 3.05 bits per heavy atom. The molecule has 0 saturated carbocycles. The highest BCUT2D eigenvalue weighted by molar-refractivity contribution is 5.76. The second-order valence-electron chi connectivity index (χ2n) is 5.81. The van der Waals surface area contributed by atoms with Crippen molar-refractivity contribution in [3.63, 3.8) is 0 Å². The van der Waals surface area contributed by atoms with E-state index in [9.17, 15) is 4.79 Å². The standard InChI is InChI=1S/C14H20N6O2/c1-10(2)14-16-13(17-22-14)11-4-3-7-20(11)12(21)5-8-19-9-6-15-18-19/h6,9-11H,3-5,7-8H2,1-2H3. The molecule has 2 aromatic rings. The van der Waals surface area contributed by atoms with Crippen LogP contribution in [0.2, 0.25) is 0 Å². The molecule has 0 radical (unpaired) electrons. The molecule has 1 amide bonds. The molecule has 1 saturated heterocycles. The van der Waals surface area contributed by atoms with Crippen LogP contribution in [0.5, 0.6) is 0 Å². The first-order chi connectivity index (χ1) is 10.6. The molecule has 3 heterocycles. The first-order valence-electron chi connectivity index (χ1n) is 7.62. The Bertz CT molecular complexity index is 621. The van der Waals surface area contributed by atoms with Gasteiger partial charge in [0.1, 0.15) is 0 Å². The SMILES string of the molecule is CC(C)c1nc(C2CCCN2C(=O)CCn2ccnn2)no1. The van der Waals surface area contributed by atoms with Crippen LogP contribution in [0.25, 0.3) is 0 Å². The van der Waals surface area contributed by atoms with Crippen molar-refractivity contribution in [1.82, 2.24) is 30.0 Å². The zero-order valence-electron chi connectivity index (χ0n) is 12.8. The highest BCUT2D eigenvalue weighted by atomic mass is 16.5. The Hall–Kier alpha value is -2.25. The van der Waals surface area contributed by atoms with Gasteiger partial charge in [-0.3, -0.25) is 9.48 Å². The molecule has 1 unspecified atom stereocenters. The van der Waals surface area contributed by atoms with Crippen LogP contribution in [0, 0.1) is 0 Å². The third-order valence-corrected chi connectivity index (χ3v) is 3.85. The Balaban J connectivity index is 1.65. The number of aromatic nitrogens is 5. The summed E-state index contributed by atoms with van der Waals surface area (Å²) in [6, 6.07) is -0.0699. The van der Waals surface area contributed by atoms with Gasteiger partial charge in [-0.2, -0.15) is 4.98 Å². The number of carbonyl (C=O) groups excluding carboxylic acids is 1. The molecule has 0 N–H and O–H groups in total. The van der Waals surface area contributed by atoms with E-state index in [2.05, 4.69) is 20.5 Å². The van der Waals surface area contributed by atoms with Crippen molar-refractivity contribution in [2.24, 2.45) is 0 Å². The fourth-order valence-corrected chi connectivity index (χ4v) is 2.66. The summed E-state index contributed by atoms with van der Waals surface area (Å²) in [4.78, 5) is 18.7. The number of amides is 1. The Labute approximate surface area is 128 Å². The molecule has 0 aromatic carbocycles. The Kier molecular flexibility index (Phi) is 4.17. The van der Waals surface area contributed by atoms with E-state index in [4.69, 9.17) is 4.52 Å². The van der Waals surface area contributed by atoms with Crippen LogP contribution in [-0.2, 0) is 11.3 Å². The molecule has 0 spiro atoms. The molecule has 8 heteroatoms. The number of likely N-dealkylation sites (tertiary alicyclic amines) is 1. The fourth-order valence-electron chi connectivity index (χ4n) is 2.66. The quantitative estimate of drug-likeness (QED) is 0.832. The highest BCUT2D eigenvalue weighted by Gasteiger charge is 2.33. The summed E-state index contributed by atoms with van der Waals surface area (Å²) < 4.78 is 6.92. The first kappa shape index (κ1) is 14.7. The number of aryl methyl sites for hydroxylation is 1. The molecule has 22 heavy (non-hydrogen) atoms. The number of hydrogen-bond donors (Lipinski definition) is 0. The van der Waals surface area contributed by atoms with Crippen LogP contribution in [0.3, 0.4) is 0 Å². The van der Waals surface area contributed by atoms with Crippen LogP contribution in [0.1, 0.15) is 56.8 Å². The van der Waals surface area contributed by atoms with E-state index in [1.165, 1.54) is 0 Å². The van der Waals surface area contributed by atoms with Crippen molar-refractivity contribution in [3.8, 4) is 0 Å². The number of carbonyl (C=O) groups is 1. The maximum atomic E-state index is 12.4. The molecule has 1 atom stereocenters. The van der Waals surface area contributed by atoms with Crippen molar-refractivity contribution >= 4 is 5.91 Å². The summed E-state index contributed by atoms with van der Waals surface area (Å²) >= 11 is 0. The predicted octanol–water partition coefficient (Wildman–Crippen LogP) is 1.54. The minimum Gasteiger partial charge on any atom is -0.339 e. The van der Waals surface area contributed by atoms with E-state index in [1.807, 2.05) is 18.7 Å².